The zero-order valence-electron chi connectivity index (χ0n) is 9.07. The minimum atomic E-state index is -0.470. The van der Waals surface area contributed by atoms with Gasteiger partial charge in [0.2, 0.25) is 5.95 Å². The van der Waals surface area contributed by atoms with Gasteiger partial charge < -0.3 is 5.32 Å². The van der Waals surface area contributed by atoms with Crippen molar-refractivity contribution < 1.29 is 4.39 Å². The van der Waals surface area contributed by atoms with Crippen LogP contribution < -0.4 is 5.32 Å². The molecule has 0 saturated carbocycles. The first-order valence-corrected chi connectivity index (χ1v) is 5.83. The number of nitrogens with zero attached hydrogens (tertiary/aromatic N) is 2. The van der Waals surface area contributed by atoms with Crippen molar-refractivity contribution in [2.45, 2.75) is 19.9 Å². The van der Waals surface area contributed by atoms with Gasteiger partial charge in [0.1, 0.15) is 0 Å². The van der Waals surface area contributed by atoms with Gasteiger partial charge in [0.05, 0.1) is 28.6 Å². The van der Waals surface area contributed by atoms with Crippen LogP contribution in [-0.4, -0.2) is 9.97 Å². The normalized spacial score (nSPS) is 12.4. The van der Waals surface area contributed by atoms with Crippen molar-refractivity contribution in [3.63, 3.8) is 0 Å². The van der Waals surface area contributed by atoms with Crippen LogP contribution in [0.1, 0.15) is 23.7 Å². The first kappa shape index (κ1) is 11.0. The van der Waals surface area contributed by atoms with Crippen LogP contribution >= 0.6 is 11.3 Å². The van der Waals surface area contributed by atoms with Crippen molar-refractivity contribution in [1.29, 1.82) is 0 Å². The molecule has 0 aliphatic heterocycles. The average molecular weight is 237 g/mol. The molecule has 0 saturated heterocycles. The molecule has 2 heterocycles. The first-order valence-electron chi connectivity index (χ1n) is 4.95. The number of nitrogens with one attached hydrogen (secondary N) is 1. The molecule has 2 aromatic rings. The van der Waals surface area contributed by atoms with Crippen LogP contribution in [-0.2, 0) is 0 Å². The van der Waals surface area contributed by atoms with E-state index in [1.807, 2.05) is 19.2 Å². The minimum absolute atomic E-state index is 0.0946. The largest absolute Gasteiger partial charge is 0.376 e. The second-order valence-electron chi connectivity index (χ2n) is 3.53. The molecule has 5 heteroatoms. The Kier molecular flexibility index (Phi) is 3.14. The molecule has 0 aliphatic rings. The third-order valence-corrected chi connectivity index (χ3v) is 2.98. The van der Waals surface area contributed by atoms with Crippen molar-refractivity contribution in [2.75, 3.05) is 5.32 Å². The Morgan fingerprint density at radius 2 is 2.25 bits per heavy atom. The summed E-state index contributed by atoms with van der Waals surface area (Å²) in [6, 6.07) is 3.09. The van der Waals surface area contributed by atoms with E-state index < -0.39 is 5.95 Å². The van der Waals surface area contributed by atoms with Crippen molar-refractivity contribution in [3.8, 4) is 0 Å². The SMILES string of the molecule is Cc1nc(C(C)Nc2ccc(F)nc2)cs1. The summed E-state index contributed by atoms with van der Waals surface area (Å²) in [5, 5.41) is 6.27. The highest BCUT2D eigenvalue weighted by Crippen LogP contribution is 2.20. The number of hydrogen-bond acceptors (Lipinski definition) is 4. The van der Waals surface area contributed by atoms with E-state index >= 15 is 0 Å². The maximum Gasteiger partial charge on any atom is 0.212 e. The van der Waals surface area contributed by atoms with Gasteiger partial charge in [-0.05, 0) is 26.0 Å². The Bertz CT molecular complexity index is 466. The van der Waals surface area contributed by atoms with E-state index in [-0.39, 0.29) is 6.04 Å². The summed E-state index contributed by atoms with van der Waals surface area (Å²) >= 11 is 1.62. The molecule has 0 fully saturated rings. The van der Waals surface area contributed by atoms with Gasteiger partial charge in [-0.2, -0.15) is 4.39 Å². The summed E-state index contributed by atoms with van der Waals surface area (Å²) in [4.78, 5) is 7.97. The van der Waals surface area contributed by atoms with Gasteiger partial charge in [0.25, 0.3) is 0 Å². The van der Waals surface area contributed by atoms with Crippen molar-refractivity contribution in [2.24, 2.45) is 0 Å². The van der Waals surface area contributed by atoms with Gasteiger partial charge in [-0.3, -0.25) is 0 Å². The van der Waals surface area contributed by atoms with Crippen LogP contribution in [0.4, 0.5) is 10.1 Å². The van der Waals surface area contributed by atoms with Crippen LogP contribution in [0.3, 0.4) is 0 Å². The predicted molar refractivity (Wildman–Crippen MR) is 63.1 cm³/mol. The summed E-state index contributed by atoms with van der Waals surface area (Å²) in [6.45, 7) is 3.98. The maximum atomic E-state index is 12.6. The molecule has 84 valence electrons. The summed E-state index contributed by atoms with van der Waals surface area (Å²) < 4.78 is 12.6. The van der Waals surface area contributed by atoms with Crippen molar-refractivity contribution in [3.05, 3.63) is 40.4 Å². The fourth-order valence-corrected chi connectivity index (χ4v) is 2.07. The highest BCUT2D eigenvalue weighted by molar-refractivity contribution is 7.09. The molecule has 0 aliphatic carbocycles. The smallest absolute Gasteiger partial charge is 0.212 e. The van der Waals surface area contributed by atoms with E-state index in [4.69, 9.17) is 0 Å². The molecule has 0 aromatic carbocycles. The number of anilines is 1. The van der Waals surface area contributed by atoms with Gasteiger partial charge in [0, 0.05) is 5.38 Å². The lowest BCUT2D eigenvalue weighted by Gasteiger charge is -2.12. The topological polar surface area (TPSA) is 37.8 Å². The lowest BCUT2D eigenvalue weighted by Crippen LogP contribution is -2.07. The molecular formula is C11H12FN3S. The zero-order valence-corrected chi connectivity index (χ0v) is 9.88. The monoisotopic (exact) mass is 237 g/mol. The van der Waals surface area contributed by atoms with Gasteiger partial charge in [-0.1, -0.05) is 0 Å². The van der Waals surface area contributed by atoms with E-state index in [1.165, 1.54) is 12.3 Å². The number of halogens is 1. The molecular weight excluding hydrogens is 225 g/mol. The highest BCUT2D eigenvalue weighted by atomic mass is 32.1. The highest BCUT2D eigenvalue weighted by Gasteiger charge is 2.08. The van der Waals surface area contributed by atoms with E-state index in [0.29, 0.717) is 0 Å². The maximum absolute atomic E-state index is 12.6. The molecule has 1 unspecified atom stereocenters. The average Bonchev–Trinajstić information content (AvgIpc) is 2.68. The molecule has 1 N–H and O–H groups in total. The zero-order chi connectivity index (χ0) is 11.5. The van der Waals surface area contributed by atoms with E-state index in [1.54, 1.807) is 17.4 Å². The Morgan fingerprint density at radius 1 is 1.44 bits per heavy atom. The number of pyridine rings is 1. The molecule has 3 nitrogen and oxygen atoms in total. The van der Waals surface area contributed by atoms with Crippen molar-refractivity contribution >= 4 is 17.0 Å². The Labute approximate surface area is 97.4 Å². The second kappa shape index (κ2) is 4.57. The molecule has 1 atom stereocenters. The lowest BCUT2D eigenvalue weighted by molar-refractivity contribution is 0.584. The number of rotatable bonds is 3. The Morgan fingerprint density at radius 3 is 2.81 bits per heavy atom. The van der Waals surface area contributed by atoms with Gasteiger partial charge in [-0.15, -0.1) is 11.3 Å². The second-order valence-corrected chi connectivity index (χ2v) is 4.59. The molecule has 0 spiro atoms. The number of thiazole rings is 1. The van der Waals surface area contributed by atoms with Crippen LogP contribution in [0.5, 0.6) is 0 Å². The fourth-order valence-electron chi connectivity index (χ4n) is 1.36. The molecule has 2 aromatic heterocycles. The summed E-state index contributed by atoms with van der Waals surface area (Å²) in [5.41, 5.74) is 1.78. The predicted octanol–water partition coefficient (Wildman–Crippen LogP) is 3.16. The number of hydrogen-bond donors (Lipinski definition) is 1. The number of aromatic nitrogens is 2. The molecule has 16 heavy (non-hydrogen) atoms. The van der Waals surface area contributed by atoms with Crippen LogP contribution in [0.15, 0.2) is 23.7 Å². The summed E-state index contributed by atoms with van der Waals surface area (Å²) in [7, 11) is 0. The Hall–Kier alpha value is -1.49. The summed E-state index contributed by atoms with van der Waals surface area (Å²) in [5.74, 6) is -0.470. The van der Waals surface area contributed by atoms with Crippen LogP contribution in [0.25, 0.3) is 0 Å². The van der Waals surface area contributed by atoms with Crippen LogP contribution in [0, 0.1) is 12.9 Å². The van der Waals surface area contributed by atoms with E-state index in [9.17, 15) is 4.39 Å². The fraction of sp³-hybridized carbons (Fsp3) is 0.273. The number of aryl methyl sites for hydroxylation is 1. The van der Waals surface area contributed by atoms with Crippen molar-refractivity contribution in [1.82, 2.24) is 9.97 Å². The third-order valence-electron chi connectivity index (χ3n) is 2.19. The standard InChI is InChI=1S/C11H12FN3S/c1-7(10-6-16-8(2)15-10)14-9-3-4-11(12)13-5-9/h3-7,14H,1-2H3. The molecule has 2 rings (SSSR count). The third kappa shape index (κ3) is 2.55. The molecule has 0 amide bonds. The Balaban J connectivity index is 2.07. The van der Waals surface area contributed by atoms with Gasteiger partial charge in [-0.25, -0.2) is 9.97 Å². The first-order chi connectivity index (χ1) is 7.65. The van der Waals surface area contributed by atoms with E-state index in [0.717, 1.165) is 16.4 Å². The van der Waals surface area contributed by atoms with Gasteiger partial charge in [0.15, 0.2) is 0 Å². The van der Waals surface area contributed by atoms with E-state index in [2.05, 4.69) is 15.3 Å². The molecule has 0 radical (unpaired) electrons. The van der Waals surface area contributed by atoms with Gasteiger partial charge >= 0.3 is 0 Å². The quantitative estimate of drug-likeness (QED) is 0.833. The molecule has 0 bridgehead atoms. The van der Waals surface area contributed by atoms with Crippen LogP contribution in [0.2, 0.25) is 0 Å². The lowest BCUT2D eigenvalue weighted by atomic mass is 10.2. The summed E-state index contributed by atoms with van der Waals surface area (Å²) in [6.07, 6.45) is 1.48. The minimum Gasteiger partial charge on any atom is -0.376 e.